The van der Waals surface area contributed by atoms with Gasteiger partial charge in [0.2, 0.25) is 0 Å². The molecule has 1 rings (SSSR count). The van der Waals surface area contributed by atoms with Crippen LogP contribution in [0.25, 0.3) is 0 Å². The summed E-state index contributed by atoms with van der Waals surface area (Å²) in [6.45, 7) is 5.79. The first-order chi connectivity index (χ1) is 6.02. The van der Waals surface area contributed by atoms with Crippen molar-refractivity contribution in [2.75, 3.05) is 0 Å². The molecule has 0 bridgehead atoms. The van der Waals surface area contributed by atoms with E-state index >= 15 is 0 Å². The summed E-state index contributed by atoms with van der Waals surface area (Å²) in [5, 5.41) is 2.77. The zero-order valence-corrected chi connectivity index (χ0v) is 8.89. The molecular weight excluding hydrogens is 184 g/mol. The molecule has 1 aromatic rings. The zero-order valence-electron chi connectivity index (χ0n) is 8.07. The molecule has 0 fully saturated rings. The second-order valence-corrected chi connectivity index (χ2v) is 4.27. The van der Waals surface area contributed by atoms with E-state index in [2.05, 4.69) is 18.8 Å². The van der Waals surface area contributed by atoms with Gasteiger partial charge in [-0.15, -0.1) is 11.3 Å². The number of nitrogens with zero attached hydrogens (tertiary/aromatic N) is 1. The zero-order chi connectivity index (χ0) is 10.0. The molecule has 1 unspecified atom stereocenters. The number of hydrogen-bond acceptors (Lipinski definition) is 4. The minimum atomic E-state index is -0.456. The lowest BCUT2D eigenvalue weighted by Gasteiger charge is -2.00. The standard InChI is InChI=1S/C9H14N2OS/c1-5(2)9-11-7(4-13-9)8(12)6(3)10/h4-6H,10H2,1-3H3. The Bertz CT molecular complexity index is 304. The van der Waals surface area contributed by atoms with Gasteiger partial charge < -0.3 is 5.73 Å². The van der Waals surface area contributed by atoms with Crippen LogP contribution in [0.4, 0.5) is 0 Å². The van der Waals surface area contributed by atoms with Crippen molar-refractivity contribution in [2.45, 2.75) is 32.7 Å². The lowest BCUT2D eigenvalue weighted by atomic mass is 10.2. The van der Waals surface area contributed by atoms with E-state index in [-0.39, 0.29) is 5.78 Å². The number of ketones is 1. The van der Waals surface area contributed by atoms with Gasteiger partial charge in [0.15, 0.2) is 5.78 Å². The SMILES string of the molecule is CC(N)C(=O)c1csc(C(C)C)n1. The maximum Gasteiger partial charge on any atom is 0.198 e. The van der Waals surface area contributed by atoms with Crippen LogP contribution < -0.4 is 5.73 Å². The Morgan fingerprint density at radius 1 is 1.54 bits per heavy atom. The quantitative estimate of drug-likeness (QED) is 0.753. The van der Waals surface area contributed by atoms with Gasteiger partial charge in [-0.3, -0.25) is 4.79 Å². The number of hydrogen-bond donors (Lipinski definition) is 1. The first-order valence-corrected chi connectivity index (χ1v) is 5.15. The Hall–Kier alpha value is -0.740. The van der Waals surface area contributed by atoms with Crippen LogP contribution in [0, 0.1) is 0 Å². The van der Waals surface area contributed by atoms with Gasteiger partial charge in [-0.2, -0.15) is 0 Å². The Balaban J connectivity index is 2.86. The first kappa shape index (κ1) is 10.3. The molecule has 4 heteroatoms. The number of nitrogens with two attached hydrogens (primary N) is 1. The lowest BCUT2D eigenvalue weighted by molar-refractivity contribution is 0.0963. The van der Waals surface area contributed by atoms with Gasteiger partial charge in [-0.25, -0.2) is 4.98 Å². The molecule has 0 aliphatic rings. The molecule has 0 aliphatic heterocycles. The molecule has 0 radical (unpaired) electrons. The molecule has 1 heterocycles. The van der Waals surface area contributed by atoms with Gasteiger partial charge in [0.1, 0.15) is 5.69 Å². The van der Waals surface area contributed by atoms with E-state index in [1.807, 2.05) is 0 Å². The number of aromatic nitrogens is 1. The van der Waals surface area contributed by atoms with Crippen LogP contribution in [-0.4, -0.2) is 16.8 Å². The summed E-state index contributed by atoms with van der Waals surface area (Å²) in [5.41, 5.74) is 5.97. The predicted octanol–water partition coefficient (Wildman–Crippen LogP) is 1.80. The Morgan fingerprint density at radius 3 is 2.54 bits per heavy atom. The van der Waals surface area contributed by atoms with Gasteiger partial charge in [0.05, 0.1) is 11.0 Å². The van der Waals surface area contributed by atoms with E-state index in [4.69, 9.17) is 5.73 Å². The van der Waals surface area contributed by atoms with Crippen molar-refractivity contribution in [3.05, 3.63) is 16.1 Å². The monoisotopic (exact) mass is 198 g/mol. The Morgan fingerprint density at radius 2 is 2.15 bits per heavy atom. The van der Waals surface area contributed by atoms with E-state index in [0.29, 0.717) is 11.6 Å². The van der Waals surface area contributed by atoms with Crippen molar-refractivity contribution >= 4 is 17.1 Å². The maximum absolute atomic E-state index is 11.4. The van der Waals surface area contributed by atoms with E-state index in [1.54, 1.807) is 12.3 Å². The average Bonchev–Trinajstić information content (AvgIpc) is 2.50. The number of carbonyl (C=O) groups is 1. The molecule has 3 nitrogen and oxygen atoms in total. The van der Waals surface area contributed by atoms with Crippen molar-refractivity contribution in [2.24, 2.45) is 5.73 Å². The van der Waals surface area contributed by atoms with Gasteiger partial charge in [-0.05, 0) is 6.92 Å². The molecule has 0 amide bonds. The minimum Gasteiger partial charge on any atom is -0.321 e. The molecule has 72 valence electrons. The van der Waals surface area contributed by atoms with Crippen LogP contribution in [0.3, 0.4) is 0 Å². The van der Waals surface area contributed by atoms with E-state index in [0.717, 1.165) is 5.01 Å². The average molecular weight is 198 g/mol. The van der Waals surface area contributed by atoms with Crippen LogP contribution in [0.2, 0.25) is 0 Å². The molecule has 13 heavy (non-hydrogen) atoms. The molecule has 0 saturated heterocycles. The fraction of sp³-hybridized carbons (Fsp3) is 0.556. The third kappa shape index (κ3) is 2.35. The smallest absolute Gasteiger partial charge is 0.198 e. The topological polar surface area (TPSA) is 56.0 Å². The summed E-state index contributed by atoms with van der Waals surface area (Å²) in [5.74, 6) is 0.294. The van der Waals surface area contributed by atoms with E-state index in [1.165, 1.54) is 11.3 Å². The largest absolute Gasteiger partial charge is 0.321 e. The maximum atomic E-state index is 11.4. The van der Waals surface area contributed by atoms with Crippen LogP contribution in [0.5, 0.6) is 0 Å². The fourth-order valence-corrected chi connectivity index (χ4v) is 1.72. The predicted molar refractivity (Wildman–Crippen MR) is 54.2 cm³/mol. The Kier molecular flexibility index (Phi) is 3.17. The normalized spacial score (nSPS) is 13.3. The molecule has 1 atom stereocenters. The molecule has 0 aliphatic carbocycles. The van der Waals surface area contributed by atoms with Crippen LogP contribution in [0.1, 0.15) is 42.2 Å². The van der Waals surface area contributed by atoms with Crippen LogP contribution >= 0.6 is 11.3 Å². The molecular formula is C9H14N2OS. The van der Waals surface area contributed by atoms with Gasteiger partial charge >= 0.3 is 0 Å². The van der Waals surface area contributed by atoms with Crippen LogP contribution in [0.15, 0.2) is 5.38 Å². The fourth-order valence-electron chi connectivity index (χ4n) is 0.899. The van der Waals surface area contributed by atoms with Gasteiger partial charge in [-0.1, -0.05) is 13.8 Å². The number of Topliss-reactive ketones (excluding diaryl/α,β-unsaturated/α-hetero) is 1. The van der Waals surface area contributed by atoms with Crippen molar-refractivity contribution < 1.29 is 4.79 Å². The number of carbonyl (C=O) groups excluding carboxylic acids is 1. The molecule has 0 saturated carbocycles. The van der Waals surface area contributed by atoms with E-state index < -0.39 is 6.04 Å². The third-order valence-electron chi connectivity index (χ3n) is 1.68. The number of rotatable bonds is 3. The lowest BCUT2D eigenvalue weighted by Crippen LogP contribution is -2.26. The molecule has 0 aromatic carbocycles. The third-order valence-corrected chi connectivity index (χ3v) is 2.83. The summed E-state index contributed by atoms with van der Waals surface area (Å²) >= 11 is 1.52. The Labute approximate surface area is 82.0 Å². The summed E-state index contributed by atoms with van der Waals surface area (Å²) in [6, 6.07) is -0.456. The molecule has 0 spiro atoms. The second-order valence-electron chi connectivity index (χ2n) is 3.38. The van der Waals surface area contributed by atoms with Crippen molar-refractivity contribution in [1.29, 1.82) is 0 Å². The van der Waals surface area contributed by atoms with Gasteiger partial charge in [0.25, 0.3) is 0 Å². The highest BCUT2D eigenvalue weighted by Crippen LogP contribution is 2.19. The molecule has 1 aromatic heterocycles. The summed E-state index contributed by atoms with van der Waals surface area (Å²) < 4.78 is 0. The summed E-state index contributed by atoms with van der Waals surface area (Å²) in [4.78, 5) is 15.6. The van der Waals surface area contributed by atoms with Gasteiger partial charge in [0, 0.05) is 11.3 Å². The van der Waals surface area contributed by atoms with Crippen molar-refractivity contribution in [1.82, 2.24) is 4.98 Å². The highest BCUT2D eigenvalue weighted by Gasteiger charge is 2.15. The van der Waals surface area contributed by atoms with Crippen molar-refractivity contribution in [3.8, 4) is 0 Å². The van der Waals surface area contributed by atoms with E-state index in [9.17, 15) is 4.79 Å². The molecule has 2 N–H and O–H groups in total. The summed E-state index contributed by atoms with van der Waals surface area (Å²) in [6.07, 6.45) is 0. The highest BCUT2D eigenvalue weighted by atomic mass is 32.1. The van der Waals surface area contributed by atoms with Crippen LogP contribution in [-0.2, 0) is 0 Å². The minimum absolute atomic E-state index is 0.0804. The first-order valence-electron chi connectivity index (χ1n) is 4.27. The highest BCUT2D eigenvalue weighted by molar-refractivity contribution is 7.09. The second kappa shape index (κ2) is 3.98. The number of thiazole rings is 1. The van der Waals surface area contributed by atoms with Crippen molar-refractivity contribution in [3.63, 3.8) is 0 Å². The summed E-state index contributed by atoms with van der Waals surface area (Å²) in [7, 11) is 0.